The highest BCUT2D eigenvalue weighted by molar-refractivity contribution is 6.56. The van der Waals surface area contributed by atoms with E-state index >= 15 is 0 Å². The van der Waals surface area contributed by atoms with E-state index in [1.807, 2.05) is 158 Å². The van der Waals surface area contributed by atoms with Gasteiger partial charge in [-0.1, -0.05) is 156 Å². The van der Waals surface area contributed by atoms with Gasteiger partial charge >= 0.3 is 0 Å². The molecule has 0 aliphatic carbocycles. The van der Waals surface area contributed by atoms with E-state index in [9.17, 15) is 0 Å². The minimum Gasteiger partial charge on any atom is -0.243 e. The minimum atomic E-state index is -1.44. The van der Waals surface area contributed by atoms with Crippen molar-refractivity contribution in [1.29, 1.82) is 0 Å². The molecule has 0 aromatic heterocycles. The molecule has 6 aromatic rings. The zero-order valence-electron chi connectivity index (χ0n) is 26.3. The second-order valence-corrected chi connectivity index (χ2v) is 13.7. The lowest BCUT2D eigenvalue weighted by Gasteiger charge is -2.38. The summed E-state index contributed by atoms with van der Waals surface area (Å²) in [5.41, 5.74) is 4.89. The van der Waals surface area contributed by atoms with Crippen molar-refractivity contribution in [3.8, 4) is 0 Å². The van der Waals surface area contributed by atoms with Crippen LogP contribution in [0.15, 0.2) is 178 Å². The molecular formula is C42H26Cl4N4. The van der Waals surface area contributed by atoms with E-state index < -0.39 is 11.3 Å². The third-order valence-corrected chi connectivity index (χ3v) is 9.86. The van der Waals surface area contributed by atoms with E-state index in [4.69, 9.17) is 66.4 Å². The van der Waals surface area contributed by atoms with Crippen LogP contribution in [0.5, 0.6) is 0 Å². The monoisotopic (exact) mass is 726 g/mol. The smallest absolute Gasteiger partial charge is 0.226 e. The Morgan fingerprint density at radius 2 is 0.520 bits per heavy atom. The molecule has 6 aromatic carbocycles. The van der Waals surface area contributed by atoms with Gasteiger partial charge in [0.1, 0.15) is 0 Å². The van der Waals surface area contributed by atoms with Crippen molar-refractivity contribution in [3.05, 3.63) is 211 Å². The molecule has 0 saturated carbocycles. The number of benzene rings is 6. The first-order valence-corrected chi connectivity index (χ1v) is 17.4. The molecule has 2 unspecified atom stereocenters. The first kappa shape index (κ1) is 32.4. The van der Waals surface area contributed by atoms with Crippen molar-refractivity contribution in [1.82, 2.24) is 0 Å². The topological polar surface area (TPSA) is 49.4 Å². The van der Waals surface area contributed by atoms with E-state index in [1.54, 1.807) is 0 Å². The van der Waals surface area contributed by atoms with Crippen LogP contribution in [-0.4, -0.2) is 22.8 Å². The predicted octanol–water partition coefficient (Wildman–Crippen LogP) is 11.3. The number of nitrogens with zero attached hydrogens (tertiary/aromatic N) is 4. The number of hydrogen-bond donors (Lipinski definition) is 0. The van der Waals surface area contributed by atoms with Crippen molar-refractivity contribution < 1.29 is 0 Å². The number of halogens is 4. The van der Waals surface area contributed by atoms with Crippen molar-refractivity contribution in [2.24, 2.45) is 20.0 Å². The molecule has 0 N–H and O–H groups in total. The van der Waals surface area contributed by atoms with E-state index in [-0.39, 0.29) is 0 Å². The standard InChI is InChI=1S/C42H26Cl4N4/c43-33-19-11-29(12-20-33)39-37(27-7-3-1-4-8-27)47-41(49-39,31-15-23-35(45)24-16-31)42(32-17-25-36(46)26-18-32)48-38(28-9-5-2-6-10-28)40(50-42)30-13-21-34(44)22-14-30/h1-26H. The van der Waals surface area contributed by atoms with E-state index in [1.165, 1.54) is 0 Å². The fraction of sp³-hybridized carbons (Fsp3) is 0.0476. The highest BCUT2D eigenvalue weighted by atomic mass is 35.5. The fourth-order valence-electron chi connectivity index (χ4n) is 6.46. The Morgan fingerprint density at radius 1 is 0.280 bits per heavy atom. The van der Waals surface area contributed by atoms with Gasteiger partial charge in [0.05, 0.1) is 22.8 Å². The molecule has 0 saturated heterocycles. The molecule has 2 aliphatic heterocycles. The molecule has 0 bridgehead atoms. The van der Waals surface area contributed by atoms with Crippen LogP contribution in [0.4, 0.5) is 0 Å². The maximum absolute atomic E-state index is 6.51. The van der Waals surface area contributed by atoms with E-state index in [0.29, 0.717) is 42.9 Å². The van der Waals surface area contributed by atoms with Crippen LogP contribution >= 0.6 is 46.4 Å². The van der Waals surface area contributed by atoms with Crippen molar-refractivity contribution in [2.45, 2.75) is 11.3 Å². The van der Waals surface area contributed by atoms with Crippen LogP contribution in [-0.2, 0) is 11.3 Å². The molecule has 50 heavy (non-hydrogen) atoms. The first-order valence-electron chi connectivity index (χ1n) is 15.9. The van der Waals surface area contributed by atoms with Crippen LogP contribution in [0.3, 0.4) is 0 Å². The van der Waals surface area contributed by atoms with Crippen LogP contribution in [0.2, 0.25) is 20.1 Å². The largest absolute Gasteiger partial charge is 0.243 e. The van der Waals surface area contributed by atoms with Gasteiger partial charge in [0.25, 0.3) is 0 Å². The van der Waals surface area contributed by atoms with Crippen LogP contribution in [0.25, 0.3) is 0 Å². The molecule has 8 rings (SSSR count). The fourth-order valence-corrected chi connectivity index (χ4v) is 6.96. The Balaban J connectivity index is 1.52. The summed E-state index contributed by atoms with van der Waals surface area (Å²) in [5.74, 6) is 0. The lowest BCUT2D eigenvalue weighted by Crippen LogP contribution is -2.43. The van der Waals surface area contributed by atoms with Gasteiger partial charge in [-0.25, -0.2) is 20.0 Å². The first-order chi connectivity index (χ1) is 24.3. The Bertz CT molecular complexity index is 2150. The Hall–Kier alpha value is -4.84. The number of rotatable bonds is 7. The second kappa shape index (κ2) is 13.1. The third kappa shape index (κ3) is 5.69. The zero-order chi connectivity index (χ0) is 34.3. The quantitative estimate of drug-likeness (QED) is 0.157. The molecule has 4 nitrogen and oxygen atoms in total. The lowest BCUT2D eigenvalue weighted by atomic mass is 9.82. The Morgan fingerprint density at radius 3 is 0.800 bits per heavy atom. The lowest BCUT2D eigenvalue weighted by molar-refractivity contribution is 0.257. The summed E-state index contributed by atoms with van der Waals surface area (Å²) in [7, 11) is 0. The van der Waals surface area contributed by atoms with Gasteiger partial charge in [-0.15, -0.1) is 0 Å². The molecule has 2 atom stereocenters. The van der Waals surface area contributed by atoms with Gasteiger partial charge in [-0.2, -0.15) is 0 Å². The highest BCUT2D eigenvalue weighted by Gasteiger charge is 2.60. The number of hydrogen-bond acceptors (Lipinski definition) is 4. The molecule has 2 heterocycles. The summed E-state index contributed by atoms with van der Waals surface area (Å²) in [6.07, 6.45) is 0. The predicted molar refractivity (Wildman–Crippen MR) is 208 cm³/mol. The summed E-state index contributed by atoms with van der Waals surface area (Å²) < 4.78 is 0. The summed E-state index contributed by atoms with van der Waals surface area (Å²) >= 11 is 25.8. The third-order valence-electron chi connectivity index (χ3n) is 8.85. The van der Waals surface area contributed by atoms with Crippen LogP contribution in [0, 0.1) is 0 Å². The maximum atomic E-state index is 6.51. The van der Waals surface area contributed by atoms with E-state index in [0.717, 1.165) is 33.4 Å². The molecule has 8 heteroatoms. The normalized spacial score (nSPS) is 19.8. The summed E-state index contributed by atoms with van der Waals surface area (Å²) in [6, 6.07) is 50.6. The van der Waals surface area contributed by atoms with Crippen LogP contribution < -0.4 is 0 Å². The molecular weight excluding hydrogens is 702 g/mol. The van der Waals surface area contributed by atoms with Gasteiger partial charge in [0.2, 0.25) is 11.3 Å². The van der Waals surface area contributed by atoms with Gasteiger partial charge in [-0.3, -0.25) is 0 Å². The van der Waals surface area contributed by atoms with Crippen LogP contribution in [0.1, 0.15) is 33.4 Å². The van der Waals surface area contributed by atoms with Gasteiger partial charge < -0.3 is 0 Å². The van der Waals surface area contributed by atoms with E-state index in [2.05, 4.69) is 0 Å². The zero-order valence-corrected chi connectivity index (χ0v) is 29.3. The average molecular weight is 729 g/mol. The molecule has 0 radical (unpaired) electrons. The average Bonchev–Trinajstić information content (AvgIpc) is 3.76. The highest BCUT2D eigenvalue weighted by Crippen LogP contribution is 2.54. The van der Waals surface area contributed by atoms with Gasteiger partial charge in [0, 0.05) is 53.5 Å². The summed E-state index contributed by atoms with van der Waals surface area (Å²) in [6.45, 7) is 0. The van der Waals surface area contributed by atoms with Crippen molar-refractivity contribution in [2.75, 3.05) is 0 Å². The molecule has 0 fully saturated rings. The van der Waals surface area contributed by atoms with Crippen molar-refractivity contribution in [3.63, 3.8) is 0 Å². The Labute approximate surface area is 310 Å². The van der Waals surface area contributed by atoms with Crippen molar-refractivity contribution >= 4 is 69.3 Å². The summed E-state index contributed by atoms with van der Waals surface area (Å²) in [5, 5.41) is 2.42. The van der Waals surface area contributed by atoms with Gasteiger partial charge in [0.15, 0.2) is 0 Å². The number of aliphatic imine (C=N–C) groups is 4. The molecule has 0 amide bonds. The second-order valence-electron chi connectivity index (χ2n) is 11.9. The molecule has 0 spiro atoms. The Kier molecular flexibility index (Phi) is 8.50. The van der Waals surface area contributed by atoms with Gasteiger partial charge in [-0.05, 0) is 48.5 Å². The SMILES string of the molecule is Clc1ccc(C2=NC(c3ccc(Cl)cc3)(C3(c4ccc(Cl)cc4)N=C(c4ccccc4)C(c4ccc(Cl)cc4)=N3)N=C2c2ccccc2)cc1. The minimum absolute atomic E-state index is 0.585. The summed E-state index contributed by atoms with van der Waals surface area (Å²) in [4.78, 5) is 22.6. The molecule has 2 aliphatic rings. The maximum Gasteiger partial charge on any atom is 0.226 e. The molecule has 242 valence electrons.